The molecule has 0 atom stereocenters. The van der Waals surface area contributed by atoms with Crippen molar-refractivity contribution in [1.82, 2.24) is 4.98 Å². The predicted molar refractivity (Wildman–Crippen MR) is 52.6 cm³/mol. The Labute approximate surface area is 88.2 Å². The molecule has 1 aromatic heterocycles. The summed E-state index contributed by atoms with van der Waals surface area (Å²) >= 11 is 0.657. The van der Waals surface area contributed by atoms with E-state index in [-0.39, 0.29) is 0 Å². The maximum atomic E-state index is 12.3. The van der Waals surface area contributed by atoms with Gasteiger partial charge >= 0.3 is 6.18 Å². The third-order valence-corrected chi connectivity index (χ3v) is 2.90. The summed E-state index contributed by atoms with van der Waals surface area (Å²) in [4.78, 5) is 3.89. The van der Waals surface area contributed by atoms with Crippen LogP contribution in [0.2, 0.25) is 0 Å². The van der Waals surface area contributed by atoms with Gasteiger partial charge in [0.15, 0.2) is 5.01 Å². The fourth-order valence-corrected chi connectivity index (χ4v) is 1.93. The molecule has 0 N–H and O–H groups in total. The van der Waals surface area contributed by atoms with E-state index in [4.69, 9.17) is 0 Å². The first-order valence-electron chi connectivity index (χ1n) is 4.16. The maximum Gasteiger partial charge on any atom is 0.443 e. The summed E-state index contributed by atoms with van der Waals surface area (Å²) < 4.78 is 36.8. The van der Waals surface area contributed by atoms with Gasteiger partial charge in [-0.05, 0) is 5.56 Å². The molecule has 0 amide bonds. The molecule has 5 heteroatoms. The van der Waals surface area contributed by atoms with Gasteiger partial charge in [-0.1, -0.05) is 30.3 Å². The molecule has 0 saturated carbocycles. The topological polar surface area (TPSA) is 12.9 Å². The van der Waals surface area contributed by atoms with E-state index in [2.05, 4.69) is 4.98 Å². The number of nitrogens with zero attached hydrogens (tertiary/aromatic N) is 1. The van der Waals surface area contributed by atoms with Crippen LogP contribution in [0, 0.1) is 0 Å². The Kier molecular flexibility index (Phi) is 2.48. The molecule has 0 fully saturated rings. The second-order valence-electron chi connectivity index (χ2n) is 2.89. The Hall–Kier alpha value is -1.36. The second-order valence-corrected chi connectivity index (χ2v) is 3.92. The van der Waals surface area contributed by atoms with Crippen LogP contribution in [0.4, 0.5) is 13.2 Å². The Morgan fingerprint density at radius 1 is 1.07 bits per heavy atom. The van der Waals surface area contributed by atoms with Crippen LogP contribution in [0.1, 0.15) is 5.01 Å². The molecule has 1 heterocycles. The quantitative estimate of drug-likeness (QED) is 0.724. The highest BCUT2D eigenvalue weighted by molar-refractivity contribution is 7.15. The Balaban J connectivity index is 2.37. The highest BCUT2D eigenvalue weighted by Gasteiger charge is 2.34. The third kappa shape index (κ3) is 2.18. The minimum atomic E-state index is -4.35. The molecule has 2 rings (SSSR count). The molecule has 1 aromatic carbocycles. The molecule has 0 radical (unpaired) electrons. The van der Waals surface area contributed by atoms with Gasteiger partial charge in [-0.15, -0.1) is 11.3 Å². The van der Waals surface area contributed by atoms with Gasteiger partial charge in [0.25, 0.3) is 0 Å². The average molecular weight is 229 g/mol. The molecule has 0 saturated heterocycles. The van der Waals surface area contributed by atoms with Crippen molar-refractivity contribution >= 4 is 11.3 Å². The zero-order chi connectivity index (χ0) is 10.9. The van der Waals surface area contributed by atoms with Crippen LogP contribution in [0.3, 0.4) is 0 Å². The average Bonchev–Trinajstić information content (AvgIpc) is 2.67. The van der Waals surface area contributed by atoms with Gasteiger partial charge in [0.05, 0.1) is 4.88 Å². The van der Waals surface area contributed by atoms with E-state index < -0.39 is 11.2 Å². The lowest BCUT2D eigenvalue weighted by Crippen LogP contribution is -2.02. The summed E-state index contributed by atoms with van der Waals surface area (Å²) in [6, 6.07) is 8.89. The number of benzene rings is 1. The lowest BCUT2D eigenvalue weighted by atomic mass is 10.2. The second kappa shape index (κ2) is 3.66. The first-order valence-corrected chi connectivity index (χ1v) is 4.97. The first kappa shape index (κ1) is 10.2. The normalized spacial score (nSPS) is 11.7. The molecular formula is C10H6F3NS. The highest BCUT2D eigenvalue weighted by Crippen LogP contribution is 2.35. The standard InChI is InChI=1S/C10H6F3NS/c11-10(12,13)9-14-6-8(15-9)7-4-2-1-3-5-7/h1-6H. The van der Waals surface area contributed by atoms with Gasteiger partial charge < -0.3 is 0 Å². The highest BCUT2D eigenvalue weighted by atomic mass is 32.1. The summed E-state index contributed by atoms with van der Waals surface area (Å²) in [5, 5.41) is -0.804. The number of aromatic nitrogens is 1. The van der Waals surface area contributed by atoms with E-state index in [1.54, 1.807) is 24.3 Å². The number of hydrogen-bond donors (Lipinski definition) is 0. The molecule has 0 bridgehead atoms. The molecular weight excluding hydrogens is 223 g/mol. The molecule has 15 heavy (non-hydrogen) atoms. The molecule has 0 aliphatic heterocycles. The monoisotopic (exact) mass is 229 g/mol. The van der Waals surface area contributed by atoms with Crippen LogP contribution in [0.25, 0.3) is 10.4 Å². The summed E-state index contributed by atoms with van der Waals surface area (Å²) in [5.41, 5.74) is 0.755. The van der Waals surface area contributed by atoms with Crippen molar-refractivity contribution in [3.05, 3.63) is 41.5 Å². The van der Waals surface area contributed by atoms with E-state index in [0.29, 0.717) is 16.2 Å². The van der Waals surface area contributed by atoms with Crippen LogP contribution in [0.15, 0.2) is 36.5 Å². The van der Waals surface area contributed by atoms with Gasteiger partial charge in [-0.25, -0.2) is 4.98 Å². The number of rotatable bonds is 1. The number of hydrogen-bond acceptors (Lipinski definition) is 2. The lowest BCUT2D eigenvalue weighted by Gasteiger charge is -1.99. The van der Waals surface area contributed by atoms with Crippen LogP contribution < -0.4 is 0 Å². The predicted octanol–water partition coefficient (Wildman–Crippen LogP) is 3.83. The van der Waals surface area contributed by atoms with Crippen molar-refractivity contribution in [3.8, 4) is 10.4 Å². The number of halogens is 3. The van der Waals surface area contributed by atoms with Gasteiger partial charge in [0, 0.05) is 6.20 Å². The first-order chi connectivity index (χ1) is 7.07. The van der Waals surface area contributed by atoms with Crippen molar-refractivity contribution in [2.75, 3.05) is 0 Å². The van der Waals surface area contributed by atoms with Gasteiger partial charge in [-0.2, -0.15) is 13.2 Å². The Morgan fingerprint density at radius 2 is 1.73 bits per heavy atom. The van der Waals surface area contributed by atoms with Crippen LogP contribution in [0.5, 0.6) is 0 Å². The SMILES string of the molecule is FC(F)(F)c1ncc(-c2ccccc2)s1. The van der Waals surface area contributed by atoms with E-state index in [0.717, 1.165) is 5.56 Å². The summed E-state index contributed by atoms with van der Waals surface area (Å²) in [7, 11) is 0. The van der Waals surface area contributed by atoms with Crippen LogP contribution in [-0.2, 0) is 6.18 Å². The van der Waals surface area contributed by atoms with Crippen molar-refractivity contribution in [2.45, 2.75) is 6.18 Å². The van der Waals surface area contributed by atoms with Crippen molar-refractivity contribution < 1.29 is 13.2 Å². The van der Waals surface area contributed by atoms with E-state index in [1.165, 1.54) is 6.20 Å². The summed E-state index contributed by atoms with van der Waals surface area (Å²) in [6.45, 7) is 0. The smallest absolute Gasteiger partial charge is 0.240 e. The molecule has 0 unspecified atom stereocenters. The zero-order valence-corrected chi connectivity index (χ0v) is 8.27. The van der Waals surface area contributed by atoms with Crippen molar-refractivity contribution in [2.24, 2.45) is 0 Å². The lowest BCUT2D eigenvalue weighted by molar-refractivity contribution is -0.137. The fourth-order valence-electron chi connectivity index (χ4n) is 1.14. The Bertz CT molecular complexity index is 447. The summed E-state index contributed by atoms with van der Waals surface area (Å²) in [6.07, 6.45) is -3.10. The summed E-state index contributed by atoms with van der Waals surface area (Å²) in [5.74, 6) is 0. The third-order valence-electron chi connectivity index (χ3n) is 1.81. The largest absolute Gasteiger partial charge is 0.443 e. The van der Waals surface area contributed by atoms with E-state index in [1.807, 2.05) is 6.07 Å². The van der Waals surface area contributed by atoms with Crippen molar-refractivity contribution in [3.63, 3.8) is 0 Å². The molecule has 0 aliphatic carbocycles. The number of thiazole rings is 1. The fraction of sp³-hybridized carbons (Fsp3) is 0.100. The minimum Gasteiger partial charge on any atom is -0.240 e. The van der Waals surface area contributed by atoms with E-state index in [9.17, 15) is 13.2 Å². The van der Waals surface area contributed by atoms with Gasteiger partial charge in [0.1, 0.15) is 0 Å². The van der Waals surface area contributed by atoms with Crippen LogP contribution in [-0.4, -0.2) is 4.98 Å². The molecule has 0 aliphatic rings. The Morgan fingerprint density at radius 3 is 2.27 bits per heavy atom. The number of alkyl halides is 3. The molecule has 0 spiro atoms. The molecule has 78 valence electrons. The molecule has 2 aromatic rings. The van der Waals surface area contributed by atoms with Crippen molar-refractivity contribution in [1.29, 1.82) is 0 Å². The van der Waals surface area contributed by atoms with E-state index >= 15 is 0 Å². The van der Waals surface area contributed by atoms with Gasteiger partial charge in [0.2, 0.25) is 0 Å². The molecule has 1 nitrogen and oxygen atoms in total. The maximum absolute atomic E-state index is 12.3. The minimum absolute atomic E-state index is 0.530. The van der Waals surface area contributed by atoms with Crippen LogP contribution >= 0.6 is 11.3 Å². The van der Waals surface area contributed by atoms with Gasteiger partial charge in [-0.3, -0.25) is 0 Å². The zero-order valence-electron chi connectivity index (χ0n) is 7.45.